The second-order valence-corrected chi connectivity index (χ2v) is 8.73. The van der Waals surface area contributed by atoms with Gasteiger partial charge in [0.05, 0.1) is 24.8 Å². The van der Waals surface area contributed by atoms with Crippen LogP contribution in [-0.4, -0.2) is 55.2 Å². The van der Waals surface area contributed by atoms with E-state index in [0.29, 0.717) is 6.61 Å². The highest BCUT2D eigenvalue weighted by molar-refractivity contribution is 6.10. The predicted molar refractivity (Wildman–Crippen MR) is 127 cm³/mol. The number of rotatable bonds is 4. The van der Waals surface area contributed by atoms with Crippen LogP contribution in [0.15, 0.2) is 54.6 Å². The fraction of sp³-hybridized carbons (Fsp3) is 0.296. The monoisotopic (exact) mass is 426 g/mol. The molecule has 1 saturated heterocycles. The number of morpholine rings is 1. The molecule has 0 aliphatic carbocycles. The van der Waals surface area contributed by atoms with E-state index in [4.69, 9.17) is 9.47 Å². The zero-order valence-electron chi connectivity index (χ0n) is 18.2. The summed E-state index contributed by atoms with van der Waals surface area (Å²) in [7, 11) is 0. The van der Waals surface area contributed by atoms with Crippen LogP contribution in [0.5, 0.6) is 5.75 Å². The predicted octanol–water partition coefficient (Wildman–Crippen LogP) is 4.85. The van der Waals surface area contributed by atoms with Crippen molar-refractivity contribution >= 4 is 28.0 Å². The first-order valence-corrected chi connectivity index (χ1v) is 11.3. The van der Waals surface area contributed by atoms with Gasteiger partial charge in [-0.1, -0.05) is 48.5 Å². The van der Waals surface area contributed by atoms with E-state index < -0.39 is 0 Å². The maximum absolute atomic E-state index is 12.3. The maximum atomic E-state index is 12.3. The zero-order valence-corrected chi connectivity index (χ0v) is 18.2. The summed E-state index contributed by atoms with van der Waals surface area (Å²) in [4.78, 5) is 14.8. The molecule has 5 heteroatoms. The number of para-hydroxylation sites is 1. The molecule has 6 rings (SSSR count). The molecule has 4 aromatic rings. The lowest BCUT2D eigenvalue weighted by Crippen LogP contribution is -2.42. The number of carbonyl (C=O) groups excluding carboxylic acids is 1. The topological polar surface area (TPSA) is 43.7 Å². The third kappa shape index (κ3) is 2.96. The maximum Gasteiger partial charge on any atom is 0.151 e. The minimum atomic E-state index is 0.222. The number of carbonyl (C=O) groups is 1. The fourth-order valence-electron chi connectivity index (χ4n) is 5.49. The summed E-state index contributed by atoms with van der Waals surface area (Å²) in [6.45, 7) is 7.24. The highest BCUT2D eigenvalue weighted by Gasteiger charge is 2.30. The quantitative estimate of drug-likeness (QED) is 0.438. The average molecular weight is 427 g/mol. The molecule has 0 radical (unpaired) electrons. The van der Waals surface area contributed by atoms with E-state index in [-0.39, 0.29) is 6.04 Å². The van der Waals surface area contributed by atoms with Crippen molar-refractivity contribution in [3.8, 4) is 16.9 Å². The second-order valence-electron chi connectivity index (χ2n) is 8.73. The highest BCUT2D eigenvalue weighted by atomic mass is 16.5. The van der Waals surface area contributed by atoms with E-state index in [2.05, 4.69) is 46.7 Å². The Bertz CT molecular complexity index is 1330. The molecule has 5 nitrogen and oxygen atoms in total. The minimum absolute atomic E-state index is 0.222. The molecule has 2 aliphatic heterocycles. The molecule has 1 unspecified atom stereocenters. The van der Waals surface area contributed by atoms with Crippen molar-refractivity contribution in [1.29, 1.82) is 0 Å². The summed E-state index contributed by atoms with van der Waals surface area (Å²) in [6, 6.07) is 18.8. The number of hydrogen-bond donors (Lipinski definition) is 0. The Morgan fingerprint density at radius 3 is 2.66 bits per heavy atom. The SMILES string of the molecule is Cc1c(-c2ccc3ccccc3c2C=O)c2cccc3c2n1C(CN1CCOCC1)CO3. The van der Waals surface area contributed by atoms with Crippen LogP contribution in [0.2, 0.25) is 0 Å². The lowest BCUT2D eigenvalue weighted by atomic mass is 9.93. The normalized spacial score (nSPS) is 18.7. The van der Waals surface area contributed by atoms with E-state index in [1.54, 1.807) is 0 Å². The van der Waals surface area contributed by atoms with Gasteiger partial charge in [0.2, 0.25) is 0 Å². The molecular weight excluding hydrogens is 400 g/mol. The molecule has 0 amide bonds. The molecule has 0 bridgehead atoms. The Labute approximate surface area is 187 Å². The number of benzene rings is 3. The summed E-state index contributed by atoms with van der Waals surface area (Å²) < 4.78 is 14.2. The van der Waals surface area contributed by atoms with Crippen molar-refractivity contribution in [2.75, 3.05) is 39.5 Å². The molecule has 1 aromatic heterocycles. The second kappa shape index (κ2) is 7.76. The van der Waals surface area contributed by atoms with Crippen molar-refractivity contribution in [1.82, 2.24) is 9.47 Å². The van der Waals surface area contributed by atoms with Gasteiger partial charge in [-0.25, -0.2) is 0 Å². The van der Waals surface area contributed by atoms with Gasteiger partial charge in [-0.3, -0.25) is 9.69 Å². The van der Waals surface area contributed by atoms with Crippen molar-refractivity contribution in [2.45, 2.75) is 13.0 Å². The van der Waals surface area contributed by atoms with Crippen molar-refractivity contribution in [2.24, 2.45) is 0 Å². The molecule has 32 heavy (non-hydrogen) atoms. The first-order valence-electron chi connectivity index (χ1n) is 11.3. The fourth-order valence-corrected chi connectivity index (χ4v) is 5.49. The van der Waals surface area contributed by atoms with Crippen LogP contribution in [0.3, 0.4) is 0 Å². The lowest BCUT2D eigenvalue weighted by molar-refractivity contribution is 0.0272. The van der Waals surface area contributed by atoms with Crippen LogP contribution in [-0.2, 0) is 4.74 Å². The van der Waals surface area contributed by atoms with Crippen LogP contribution >= 0.6 is 0 Å². The largest absolute Gasteiger partial charge is 0.489 e. The van der Waals surface area contributed by atoms with Crippen LogP contribution in [0.4, 0.5) is 0 Å². The molecule has 3 heterocycles. The van der Waals surface area contributed by atoms with E-state index >= 15 is 0 Å². The molecule has 0 N–H and O–H groups in total. The van der Waals surface area contributed by atoms with E-state index in [1.807, 2.05) is 24.3 Å². The Balaban J connectivity index is 1.56. The molecule has 162 valence electrons. The van der Waals surface area contributed by atoms with Crippen LogP contribution < -0.4 is 4.74 Å². The molecule has 0 spiro atoms. The number of nitrogens with zero attached hydrogens (tertiary/aromatic N) is 2. The van der Waals surface area contributed by atoms with Gasteiger partial charge in [0, 0.05) is 41.8 Å². The third-order valence-corrected chi connectivity index (χ3v) is 6.96. The molecule has 3 aromatic carbocycles. The Morgan fingerprint density at radius 1 is 1.00 bits per heavy atom. The standard InChI is InChI=1S/C27H26N2O3/c1-18-26(22-10-9-19-5-2-3-6-21(19)24(22)16-30)23-7-4-8-25-27(23)29(18)20(17-32-25)15-28-11-13-31-14-12-28/h2-10,16,20H,11-15,17H2,1H3. The number of hydrogen-bond acceptors (Lipinski definition) is 4. The summed E-state index contributed by atoms with van der Waals surface area (Å²) in [5.74, 6) is 0.920. The number of fused-ring (bicyclic) bond motifs is 1. The number of ether oxygens (including phenoxy) is 2. The van der Waals surface area contributed by atoms with Crippen LogP contribution in [0, 0.1) is 6.92 Å². The summed E-state index contributed by atoms with van der Waals surface area (Å²) in [6.07, 6.45) is 1.01. The first-order chi connectivity index (χ1) is 15.8. The van der Waals surface area contributed by atoms with Crippen LogP contribution in [0.25, 0.3) is 32.8 Å². The van der Waals surface area contributed by atoms with Gasteiger partial charge in [0.25, 0.3) is 0 Å². The molecule has 1 atom stereocenters. The smallest absolute Gasteiger partial charge is 0.151 e. The highest BCUT2D eigenvalue weighted by Crippen LogP contribution is 2.44. The van der Waals surface area contributed by atoms with E-state index in [9.17, 15) is 4.79 Å². The van der Waals surface area contributed by atoms with Crippen molar-refractivity contribution < 1.29 is 14.3 Å². The Hall–Kier alpha value is -3.15. The molecular formula is C27H26N2O3. The summed E-state index contributed by atoms with van der Waals surface area (Å²) in [5, 5.41) is 3.22. The van der Waals surface area contributed by atoms with E-state index in [0.717, 1.165) is 83.2 Å². The molecule has 0 saturated carbocycles. The van der Waals surface area contributed by atoms with E-state index in [1.165, 1.54) is 5.69 Å². The lowest BCUT2D eigenvalue weighted by Gasteiger charge is -2.34. The summed E-state index contributed by atoms with van der Waals surface area (Å²) in [5.41, 5.74) is 5.19. The third-order valence-electron chi connectivity index (χ3n) is 6.96. The van der Waals surface area contributed by atoms with Gasteiger partial charge in [-0.05, 0) is 29.3 Å². The van der Waals surface area contributed by atoms with Crippen LogP contribution in [0.1, 0.15) is 22.1 Å². The minimum Gasteiger partial charge on any atom is -0.489 e. The summed E-state index contributed by atoms with van der Waals surface area (Å²) >= 11 is 0. The molecule has 2 aliphatic rings. The average Bonchev–Trinajstić information content (AvgIpc) is 3.14. The Morgan fingerprint density at radius 2 is 1.81 bits per heavy atom. The van der Waals surface area contributed by atoms with Gasteiger partial charge in [0.15, 0.2) is 6.29 Å². The zero-order chi connectivity index (χ0) is 21.7. The van der Waals surface area contributed by atoms with Gasteiger partial charge in [-0.2, -0.15) is 0 Å². The number of aldehydes is 1. The Kier molecular flexibility index (Phi) is 4.74. The van der Waals surface area contributed by atoms with Gasteiger partial charge >= 0.3 is 0 Å². The van der Waals surface area contributed by atoms with Gasteiger partial charge in [-0.15, -0.1) is 0 Å². The van der Waals surface area contributed by atoms with Gasteiger partial charge < -0.3 is 14.0 Å². The van der Waals surface area contributed by atoms with Crippen molar-refractivity contribution in [3.05, 3.63) is 65.9 Å². The number of aromatic nitrogens is 1. The van der Waals surface area contributed by atoms with Crippen molar-refractivity contribution in [3.63, 3.8) is 0 Å². The first kappa shape index (κ1) is 19.5. The molecule has 1 fully saturated rings. The van der Waals surface area contributed by atoms with Gasteiger partial charge in [0.1, 0.15) is 12.4 Å².